The zero-order valence-electron chi connectivity index (χ0n) is 13.2. The van der Waals surface area contributed by atoms with Gasteiger partial charge in [-0.2, -0.15) is 0 Å². The van der Waals surface area contributed by atoms with Crippen LogP contribution in [0.25, 0.3) is 6.08 Å². The number of hydrogen-bond donors (Lipinski definition) is 0. The number of cyclic esters (lactones) is 1. The van der Waals surface area contributed by atoms with Crippen molar-refractivity contribution in [2.75, 3.05) is 6.61 Å². The monoisotopic (exact) mass is 359 g/mol. The second-order valence-electron chi connectivity index (χ2n) is 5.63. The molecule has 1 atom stereocenters. The van der Waals surface area contributed by atoms with Gasteiger partial charge in [0.15, 0.2) is 0 Å². The molecular formula is C19H15ClFNO3. The first kappa shape index (κ1) is 17.2. The Morgan fingerprint density at radius 2 is 2.04 bits per heavy atom. The number of rotatable bonds is 4. The van der Waals surface area contributed by atoms with Crippen LogP contribution in [0.4, 0.5) is 9.18 Å². The highest BCUT2D eigenvalue weighted by Gasteiger charge is 2.36. The van der Waals surface area contributed by atoms with Crippen LogP contribution in [0, 0.1) is 5.82 Å². The second-order valence-corrected chi connectivity index (χ2v) is 6.06. The van der Waals surface area contributed by atoms with Gasteiger partial charge < -0.3 is 4.74 Å². The number of carbonyl (C=O) groups excluding carboxylic acids is 2. The van der Waals surface area contributed by atoms with Gasteiger partial charge in [0, 0.05) is 16.7 Å². The summed E-state index contributed by atoms with van der Waals surface area (Å²) in [5, 5.41) is 0.270. The van der Waals surface area contributed by atoms with Crippen LogP contribution in [0.15, 0.2) is 54.6 Å². The third-order valence-electron chi connectivity index (χ3n) is 3.88. The minimum atomic E-state index is -0.688. The van der Waals surface area contributed by atoms with Crippen molar-refractivity contribution in [3.8, 4) is 0 Å². The van der Waals surface area contributed by atoms with Crippen molar-refractivity contribution in [3.63, 3.8) is 0 Å². The van der Waals surface area contributed by atoms with Gasteiger partial charge in [0.05, 0.1) is 6.04 Å². The number of benzene rings is 2. The molecule has 6 heteroatoms. The maximum absolute atomic E-state index is 13.8. The van der Waals surface area contributed by atoms with E-state index in [-0.39, 0.29) is 23.2 Å². The highest BCUT2D eigenvalue weighted by atomic mass is 35.5. The molecule has 1 saturated heterocycles. The zero-order chi connectivity index (χ0) is 17.8. The third kappa shape index (κ3) is 4.06. The van der Waals surface area contributed by atoms with Crippen LogP contribution < -0.4 is 0 Å². The van der Waals surface area contributed by atoms with Gasteiger partial charge in [-0.15, -0.1) is 0 Å². The highest BCUT2D eigenvalue weighted by Crippen LogP contribution is 2.19. The summed E-state index contributed by atoms with van der Waals surface area (Å²) >= 11 is 5.70. The predicted molar refractivity (Wildman–Crippen MR) is 92.6 cm³/mol. The van der Waals surface area contributed by atoms with Crippen molar-refractivity contribution in [3.05, 3.63) is 76.6 Å². The van der Waals surface area contributed by atoms with Gasteiger partial charge >= 0.3 is 6.09 Å². The van der Waals surface area contributed by atoms with E-state index in [9.17, 15) is 14.0 Å². The fraction of sp³-hybridized carbons (Fsp3) is 0.158. The van der Waals surface area contributed by atoms with Crippen LogP contribution in [0.2, 0.25) is 5.02 Å². The molecule has 1 heterocycles. The summed E-state index contributed by atoms with van der Waals surface area (Å²) in [6, 6.07) is 13.3. The van der Waals surface area contributed by atoms with Crippen molar-refractivity contribution in [2.45, 2.75) is 12.5 Å². The molecule has 4 nitrogen and oxygen atoms in total. The summed E-state index contributed by atoms with van der Waals surface area (Å²) in [6.07, 6.45) is 2.30. The predicted octanol–water partition coefficient (Wildman–Crippen LogP) is 4.08. The lowest BCUT2D eigenvalue weighted by Crippen LogP contribution is -2.39. The van der Waals surface area contributed by atoms with Gasteiger partial charge in [-0.3, -0.25) is 4.79 Å². The van der Waals surface area contributed by atoms with Crippen LogP contribution >= 0.6 is 11.6 Å². The van der Waals surface area contributed by atoms with E-state index < -0.39 is 17.8 Å². The number of halogens is 2. The molecule has 0 aromatic heterocycles. The molecular weight excluding hydrogens is 345 g/mol. The summed E-state index contributed by atoms with van der Waals surface area (Å²) in [7, 11) is 0. The van der Waals surface area contributed by atoms with Crippen LogP contribution in [-0.4, -0.2) is 29.5 Å². The van der Waals surface area contributed by atoms with Crippen LogP contribution in [0.3, 0.4) is 0 Å². The van der Waals surface area contributed by atoms with Gasteiger partial charge in [0.25, 0.3) is 5.91 Å². The first-order valence-electron chi connectivity index (χ1n) is 7.71. The molecule has 0 spiro atoms. The average molecular weight is 360 g/mol. The number of amides is 2. The fourth-order valence-electron chi connectivity index (χ4n) is 2.64. The van der Waals surface area contributed by atoms with Crippen molar-refractivity contribution in [1.82, 2.24) is 4.90 Å². The summed E-state index contributed by atoms with van der Waals surface area (Å²) < 4.78 is 18.8. The van der Waals surface area contributed by atoms with Crippen molar-refractivity contribution in [2.24, 2.45) is 0 Å². The number of nitrogens with zero attached hydrogens (tertiary/aromatic N) is 1. The molecule has 1 aliphatic heterocycles. The smallest absolute Gasteiger partial charge is 0.417 e. The Bertz CT molecular complexity index is 823. The molecule has 1 unspecified atom stereocenters. The molecule has 0 saturated carbocycles. The van der Waals surface area contributed by atoms with E-state index in [2.05, 4.69) is 0 Å². The van der Waals surface area contributed by atoms with E-state index >= 15 is 0 Å². The molecule has 2 amide bonds. The summed E-state index contributed by atoms with van der Waals surface area (Å²) in [5.74, 6) is -1.08. The van der Waals surface area contributed by atoms with Crippen LogP contribution in [0.5, 0.6) is 0 Å². The minimum absolute atomic E-state index is 0.141. The van der Waals surface area contributed by atoms with E-state index in [1.807, 2.05) is 30.3 Å². The number of ether oxygens (including phenoxy) is 1. The van der Waals surface area contributed by atoms with E-state index in [0.717, 1.165) is 22.6 Å². The Hall–Kier alpha value is -2.66. The molecule has 1 aliphatic rings. The normalized spacial score (nSPS) is 17.1. The number of imide groups is 1. The molecule has 2 aromatic carbocycles. The fourth-order valence-corrected chi connectivity index (χ4v) is 2.80. The van der Waals surface area contributed by atoms with E-state index in [0.29, 0.717) is 6.42 Å². The first-order chi connectivity index (χ1) is 12.0. The SMILES string of the molecule is O=C(/C=C/c1ccc(Cl)cc1F)N1C(=O)OCC1Cc1ccccc1. The molecule has 0 bridgehead atoms. The topological polar surface area (TPSA) is 46.6 Å². The van der Waals surface area contributed by atoms with Crippen LogP contribution in [-0.2, 0) is 16.0 Å². The van der Waals surface area contributed by atoms with Gasteiger partial charge in [0.1, 0.15) is 12.4 Å². The molecule has 1 fully saturated rings. The maximum Gasteiger partial charge on any atom is 0.417 e. The molecule has 0 radical (unpaired) electrons. The summed E-state index contributed by atoms with van der Waals surface area (Å²) in [4.78, 5) is 25.4. The lowest BCUT2D eigenvalue weighted by atomic mass is 10.1. The van der Waals surface area contributed by atoms with Crippen molar-refractivity contribution >= 4 is 29.7 Å². The Kier molecular flexibility index (Phi) is 5.14. The van der Waals surface area contributed by atoms with Gasteiger partial charge in [0.2, 0.25) is 0 Å². The highest BCUT2D eigenvalue weighted by molar-refractivity contribution is 6.30. The van der Waals surface area contributed by atoms with Crippen molar-refractivity contribution < 1.29 is 18.7 Å². The Balaban J connectivity index is 1.74. The Labute approximate surface area is 149 Å². The zero-order valence-corrected chi connectivity index (χ0v) is 13.9. The second kappa shape index (κ2) is 7.49. The van der Waals surface area contributed by atoms with E-state index in [4.69, 9.17) is 16.3 Å². The lowest BCUT2D eigenvalue weighted by Gasteiger charge is -2.18. The number of carbonyl (C=O) groups is 2. The quantitative estimate of drug-likeness (QED) is 0.773. The molecule has 25 heavy (non-hydrogen) atoms. The first-order valence-corrected chi connectivity index (χ1v) is 8.09. The molecule has 3 rings (SSSR count). The standard InChI is InChI=1S/C19H15ClFNO3/c20-15-8-6-14(17(21)11-15)7-9-18(23)22-16(12-25-19(22)24)10-13-4-2-1-3-5-13/h1-9,11,16H,10,12H2/b9-7+. The van der Waals surface area contributed by atoms with Gasteiger partial charge in [-0.1, -0.05) is 48.0 Å². The Morgan fingerprint density at radius 3 is 2.76 bits per heavy atom. The lowest BCUT2D eigenvalue weighted by molar-refractivity contribution is -0.124. The summed E-state index contributed by atoms with van der Waals surface area (Å²) in [6.45, 7) is 0.141. The minimum Gasteiger partial charge on any atom is -0.447 e. The molecule has 0 aliphatic carbocycles. The average Bonchev–Trinajstić information content (AvgIpc) is 2.95. The maximum atomic E-state index is 13.8. The van der Waals surface area contributed by atoms with Gasteiger partial charge in [-0.05, 0) is 30.2 Å². The third-order valence-corrected chi connectivity index (χ3v) is 4.12. The number of hydrogen-bond acceptors (Lipinski definition) is 3. The van der Waals surface area contributed by atoms with Crippen molar-refractivity contribution in [1.29, 1.82) is 0 Å². The van der Waals surface area contributed by atoms with Gasteiger partial charge in [-0.25, -0.2) is 14.1 Å². The molecule has 2 aromatic rings. The van der Waals surface area contributed by atoms with E-state index in [1.54, 1.807) is 0 Å². The largest absolute Gasteiger partial charge is 0.447 e. The van der Waals surface area contributed by atoms with Crippen LogP contribution in [0.1, 0.15) is 11.1 Å². The molecule has 128 valence electrons. The summed E-state index contributed by atoms with van der Waals surface area (Å²) in [5.41, 5.74) is 1.21. The Morgan fingerprint density at radius 1 is 1.28 bits per heavy atom. The molecule has 0 N–H and O–H groups in total. The van der Waals surface area contributed by atoms with E-state index in [1.165, 1.54) is 18.2 Å².